The zero-order valence-corrected chi connectivity index (χ0v) is 11.6. The van der Waals surface area contributed by atoms with E-state index in [2.05, 4.69) is 0 Å². The van der Waals surface area contributed by atoms with Crippen LogP contribution >= 0.6 is 0 Å². The minimum absolute atomic E-state index is 0.0156. The molecular weight excluding hydrogens is 234 g/mol. The van der Waals surface area contributed by atoms with Gasteiger partial charge in [0.2, 0.25) is 0 Å². The molecule has 5 heteroatoms. The number of ether oxygens (including phenoxy) is 1. The zero-order chi connectivity index (χ0) is 13.9. The lowest BCUT2D eigenvalue weighted by molar-refractivity contribution is -0.166. The van der Waals surface area contributed by atoms with Crippen LogP contribution in [-0.2, 0) is 14.3 Å². The number of carboxylic acid groups (broad SMARTS) is 1. The third-order valence-corrected chi connectivity index (χ3v) is 4.02. The molecule has 3 atom stereocenters. The van der Waals surface area contributed by atoms with Crippen LogP contribution in [0.5, 0.6) is 0 Å². The molecule has 0 aliphatic carbocycles. The van der Waals surface area contributed by atoms with Crippen molar-refractivity contribution >= 4 is 11.9 Å². The maximum atomic E-state index is 12.5. The number of nitrogens with zero attached hydrogens (tertiary/aromatic N) is 1. The van der Waals surface area contributed by atoms with Gasteiger partial charge in [-0.25, -0.2) is 4.79 Å². The molecule has 3 unspecified atom stereocenters. The molecular formula is C13H23NO4. The lowest BCUT2D eigenvalue weighted by Gasteiger charge is -2.41. The van der Waals surface area contributed by atoms with Gasteiger partial charge in [-0.2, -0.15) is 0 Å². The lowest BCUT2D eigenvalue weighted by Crippen LogP contribution is -2.58. The number of methoxy groups -OCH3 is 1. The highest BCUT2D eigenvalue weighted by atomic mass is 16.5. The van der Waals surface area contributed by atoms with Gasteiger partial charge in [0.05, 0.1) is 0 Å². The maximum absolute atomic E-state index is 12.5. The standard InChI is InChI=1S/C13H23NO4/c1-5-13(3,18-4)12(17)14-8-6-7-9(2)10(14)11(15)16/h9-10H,5-8H2,1-4H3,(H,15,16). The maximum Gasteiger partial charge on any atom is 0.326 e. The molecule has 1 N–H and O–H groups in total. The summed E-state index contributed by atoms with van der Waals surface area (Å²) >= 11 is 0. The fourth-order valence-electron chi connectivity index (χ4n) is 2.48. The molecule has 1 fully saturated rings. The average molecular weight is 257 g/mol. The van der Waals surface area contributed by atoms with Gasteiger partial charge in [-0.05, 0) is 32.1 Å². The van der Waals surface area contributed by atoms with Crippen molar-refractivity contribution in [3.63, 3.8) is 0 Å². The van der Waals surface area contributed by atoms with Crippen LogP contribution in [0.15, 0.2) is 0 Å². The molecule has 1 rings (SSSR count). The second-order valence-electron chi connectivity index (χ2n) is 5.19. The summed E-state index contributed by atoms with van der Waals surface area (Å²) in [6, 6.07) is -0.729. The highest BCUT2D eigenvalue weighted by Gasteiger charge is 2.43. The van der Waals surface area contributed by atoms with Crippen molar-refractivity contribution in [3.8, 4) is 0 Å². The van der Waals surface area contributed by atoms with E-state index in [4.69, 9.17) is 4.74 Å². The van der Waals surface area contributed by atoms with Gasteiger partial charge < -0.3 is 14.7 Å². The van der Waals surface area contributed by atoms with Crippen LogP contribution in [0.1, 0.15) is 40.0 Å². The van der Waals surface area contributed by atoms with Crippen molar-refractivity contribution < 1.29 is 19.4 Å². The Morgan fingerprint density at radius 1 is 1.50 bits per heavy atom. The predicted octanol–water partition coefficient (Wildman–Crippen LogP) is 1.51. The minimum atomic E-state index is -0.926. The van der Waals surface area contributed by atoms with Crippen molar-refractivity contribution in [2.75, 3.05) is 13.7 Å². The molecule has 1 amide bonds. The summed E-state index contributed by atoms with van der Waals surface area (Å²) in [5, 5.41) is 9.30. The molecule has 0 radical (unpaired) electrons. The monoisotopic (exact) mass is 257 g/mol. The molecule has 1 aliphatic heterocycles. The van der Waals surface area contributed by atoms with Crippen LogP contribution in [0, 0.1) is 5.92 Å². The van der Waals surface area contributed by atoms with Crippen molar-refractivity contribution in [2.24, 2.45) is 5.92 Å². The Morgan fingerprint density at radius 3 is 2.56 bits per heavy atom. The molecule has 18 heavy (non-hydrogen) atoms. The minimum Gasteiger partial charge on any atom is -0.480 e. The third kappa shape index (κ3) is 2.66. The number of hydrogen-bond acceptors (Lipinski definition) is 3. The third-order valence-electron chi connectivity index (χ3n) is 4.02. The Morgan fingerprint density at radius 2 is 2.11 bits per heavy atom. The van der Waals surface area contributed by atoms with E-state index in [0.717, 1.165) is 12.8 Å². The molecule has 0 saturated carbocycles. The van der Waals surface area contributed by atoms with Gasteiger partial charge in [-0.3, -0.25) is 4.79 Å². The molecule has 0 bridgehead atoms. The first kappa shape index (κ1) is 15.0. The summed E-state index contributed by atoms with van der Waals surface area (Å²) in [6.07, 6.45) is 2.22. The van der Waals surface area contributed by atoms with Gasteiger partial charge in [0.1, 0.15) is 11.6 Å². The van der Waals surface area contributed by atoms with E-state index >= 15 is 0 Å². The molecule has 1 saturated heterocycles. The predicted molar refractivity (Wildman–Crippen MR) is 67.2 cm³/mol. The largest absolute Gasteiger partial charge is 0.480 e. The Hall–Kier alpha value is -1.10. The topological polar surface area (TPSA) is 66.8 Å². The fraction of sp³-hybridized carbons (Fsp3) is 0.846. The first-order valence-corrected chi connectivity index (χ1v) is 6.46. The van der Waals surface area contributed by atoms with Crippen LogP contribution in [0.4, 0.5) is 0 Å². The molecule has 0 spiro atoms. The number of carbonyl (C=O) groups is 2. The fourth-order valence-corrected chi connectivity index (χ4v) is 2.48. The van der Waals surface area contributed by atoms with Crippen molar-refractivity contribution in [2.45, 2.75) is 51.7 Å². The SMILES string of the molecule is CCC(C)(OC)C(=O)N1CCCC(C)C1C(=O)O. The van der Waals surface area contributed by atoms with E-state index in [1.807, 2.05) is 13.8 Å². The number of amides is 1. The summed E-state index contributed by atoms with van der Waals surface area (Å²) < 4.78 is 5.28. The number of aliphatic carboxylic acids is 1. The van der Waals surface area contributed by atoms with Gasteiger partial charge in [-0.15, -0.1) is 0 Å². The Kier molecular flexibility index (Phi) is 4.73. The van der Waals surface area contributed by atoms with E-state index in [0.29, 0.717) is 13.0 Å². The van der Waals surface area contributed by atoms with Crippen LogP contribution in [0.3, 0.4) is 0 Å². The highest BCUT2D eigenvalue weighted by Crippen LogP contribution is 2.28. The molecule has 1 heterocycles. The number of carbonyl (C=O) groups excluding carboxylic acids is 1. The van der Waals surface area contributed by atoms with Gasteiger partial charge in [0, 0.05) is 13.7 Å². The van der Waals surface area contributed by atoms with Crippen LogP contribution < -0.4 is 0 Å². The summed E-state index contributed by atoms with van der Waals surface area (Å²) in [5.74, 6) is -1.16. The quantitative estimate of drug-likeness (QED) is 0.829. The molecule has 104 valence electrons. The first-order valence-electron chi connectivity index (χ1n) is 6.46. The Bertz CT molecular complexity index is 325. The number of piperidine rings is 1. The average Bonchev–Trinajstić information content (AvgIpc) is 2.36. The number of carboxylic acids is 1. The lowest BCUT2D eigenvalue weighted by atomic mass is 9.88. The van der Waals surface area contributed by atoms with Gasteiger partial charge in [0.25, 0.3) is 5.91 Å². The van der Waals surface area contributed by atoms with Crippen molar-refractivity contribution in [1.82, 2.24) is 4.90 Å². The number of likely N-dealkylation sites (tertiary alicyclic amines) is 1. The van der Waals surface area contributed by atoms with E-state index in [9.17, 15) is 14.7 Å². The van der Waals surface area contributed by atoms with E-state index in [-0.39, 0.29) is 11.8 Å². The Balaban J connectivity index is 2.98. The summed E-state index contributed by atoms with van der Waals surface area (Å²) in [7, 11) is 1.49. The number of hydrogen-bond donors (Lipinski definition) is 1. The van der Waals surface area contributed by atoms with E-state index in [1.54, 1.807) is 6.92 Å². The molecule has 0 aromatic carbocycles. The van der Waals surface area contributed by atoms with Gasteiger partial charge in [0.15, 0.2) is 0 Å². The normalized spacial score (nSPS) is 27.7. The van der Waals surface area contributed by atoms with Crippen LogP contribution in [0.25, 0.3) is 0 Å². The second-order valence-corrected chi connectivity index (χ2v) is 5.19. The Labute approximate surface area is 108 Å². The first-order chi connectivity index (χ1) is 8.37. The van der Waals surface area contributed by atoms with Crippen LogP contribution in [-0.4, -0.2) is 47.2 Å². The van der Waals surface area contributed by atoms with Crippen molar-refractivity contribution in [1.29, 1.82) is 0 Å². The summed E-state index contributed by atoms with van der Waals surface area (Å²) in [6.45, 7) is 5.96. The van der Waals surface area contributed by atoms with E-state index in [1.165, 1.54) is 12.0 Å². The van der Waals surface area contributed by atoms with Crippen LogP contribution in [0.2, 0.25) is 0 Å². The molecule has 0 aromatic heterocycles. The smallest absolute Gasteiger partial charge is 0.326 e. The van der Waals surface area contributed by atoms with Gasteiger partial charge >= 0.3 is 5.97 Å². The van der Waals surface area contributed by atoms with Gasteiger partial charge in [-0.1, -0.05) is 13.8 Å². The molecule has 0 aromatic rings. The van der Waals surface area contributed by atoms with Crippen molar-refractivity contribution in [3.05, 3.63) is 0 Å². The zero-order valence-electron chi connectivity index (χ0n) is 11.6. The molecule has 1 aliphatic rings. The molecule has 5 nitrogen and oxygen atoms in total. The second kappa shape index (κ2) is 5.69. The summed E-state index contributed by atoms with van der Waals surface area (Å²) in [5.41, 5.74) is -0.926. The highest BCUT2D eigenvalue weighted by molar-refractivity contribution is 5.89. The number of rotatable bonds is 4. The van der Waals surface area contributed by atoms with E-state index < -0.39 is 17.6 Å². The summed E-state index contributed by atoms with van der Waals surface area (Å²) in [4.78, 5) is 25.3.